The first-order valence-electron chi connectivity index (χ1n) is 9.33. The van der Waals surface area contributed by atoms with Crippen molar-refractivity contribution in [1.82, 2.24) is 20.4 Å². The minimum absolute atomic E-state index is 0.153. The van der Waals surface area contributed by atoms with Gasteiger partial charge in [-0.1, -0.05) is 30.3 Å². The van der Waals surface area contributed by atoms with Gasteiger partial charge in [-0.25, -0.2) is 4.79 Å². The smallest absolute Gasteiger partial charge is 0.408 e. The molecule has 0 aliphatic heterocycles. The molecule has 0 saturated carbocycles. The number of para-hydroxylation sites is 3. The molecule has 0 bridgehead atoms. The van der Waals surface area contributed by atoms with Crippen molar-refractivity contribution in [2.45, 2.75) is 25.8 Å². The number of H-pyrrole nitrogens is 1. The van der Waals surface area contributed by atoms with E-state index in [1.807, 2.05) is 30.3 Å². The third kappa shape index (κ3) is 4.06. The molecule has 0 fully saturated rings. The molecule has 8 nitrogen and oxygen atoms in total. The van der Waals surface area contributed by atoms with E-state index in [1.165, 1.54) is 4.57 Å². The lowest BCUT2D eigenvalue weighted by molar-refractivity contribution is -0.128. The lowest BCUT2D eigenvalue weighted by Crippen LogP contribution is -2.42. The summed E-state index contributed by atoms with van der Waals surface area (Å²) in [7, 11) is 0. The van der Waals surface area contributed by atoms with E-state index in [4.69, 9.17) is 4.42 Å². The zero-order chi connectivity index (χ0) is 20.2. The molecule has 29 heavy (non-hydrogen) atoms. The largest absolute Gasteiger partial charge is 0.419 e. The Balaban J connectivity index is 1.25. The molecule has 8 heteroatoms. The summed E-state index contributed by atoms with van der Waals surface area (Å²) in [6.45, 7) is 0.354. The second-order valence-corrected chi connectivity index (χ2v) is 6.72. The standard InChI is InChI=1S/C21H20N4O4/c26-19(10-5-11-25-17-8-3-4-9-18(17)29-21(25)28)23-24-20(27)12-14-13-22-16-7-2-1-6-15(14)16/h1-4,6-9,13,22H,5,10-12H2,(H,23,26)(H,24,27). The van der Waals surface area contributed by atoms with E-state index in [2.05, 4.69) is 15.8 Å². The number of aromatic nitrogens is 2. The monoisotopic (exact) mass is 392 g/mol. The van der Waals surface area contributed by atoms with Gasteiger partial charge in [0.1, 0.15) is 0 Å². The van der Waals surface area contributed by atoms with Gasteiger partial charge in [-0.3, -0.25) is 25.0 Å². The highest BCUT2D eigenvalue weighted by Crippen LogP contribution is 2.17. The number of nitrogens with one attached hydrogen (secondary N) is 3. The number of carbonyl (C=O) groups is 2. The fourth-order valence-electron chi connectivity index (χ4n) is 3.32. The molecule has 0 atom stereocenters. The third-order valence-electron chi connectivity index (χ3n) is 4.73. The van der Waals surface area contributed by atoms with Crippen LogP contribution in [0.25, 0.3) is 22.0 Å². The average molecular weight is 392 g/mol. The molecule has 4 rings (SSSR count). The van der Waals surface area contributed by atoms with Crippen molar-refractivity contribution >= 4 is 33.8 Å². The highest BCUT2D eigenvalue weighted by atomic mass is 16.4. The summed E-state index contributed by atoms with van der Waals surface area (Å²) >= 11 is 0. The van der Waals surface area contributed by atoms with Gasteiger partial charge < -0.3 is 9.40 Å². The van der Waals surface area contributed by atoms with Crippen molar-refractivity contribution in [1.29, 1.82) is 0 Å². The topological polar surface area (TPSA) is 109 Å². The van der Waals surface area contributed by atoms with Crippen LogP contribution in [0.1, 0.15) is 18.4 Å². The van der Waals surface area contributed by atoms with Crippen molar-refractivity contribution < 1.29 is 14.0 Å². The number of rotatable bonds is 6. The molecular formula is C21H20N4O4. The molecule has 3 N–H and O–H groups in total. The van der Waals surface area contributed by atoms with Gasteiger partial charge in [0.05, 0.1) is 11.9 Å². The maximum Gasteiger partial charge on any atom is 0.419 e. The molecule has 0 aliphatic carbocycles. The second kappa shape index (κ2) is 8.05. The van der Waals surface area contributed by atoms with E-state index in [0.29, 0.717) is 24.1 Å². The molecule has 0 unspecified atom stereocenters. The molecule has 2 amide bonds. The lowest BCUT2D eigenvalue weighted by Gasteiger charge is -2.07. The molecule has 2 aromatic heterocycles. The lowest BCUT2D eigenvalue weighted by atomic mass is 10.1. The minimum atomic E-state index is -0.446. The number of benzene rings is 2. The van der Waals surface area contributed by atoms with E-state index in [-0.39, 0.29) is 24.7 Å². The Hall–Kier alpha value is -3.81. The average Bonchev–Trinajstić information content (AvgIpc) is 3.27. The quantitative estimate of drug-likeness (QED) is 0.437. The summed E-state index contributed by atoms with van der Waals surface area (Å²) in [6, 6.07) is 14.8. The number of hydrazine groups is 1. The summed E-state index contributed by atoms with van der Waals surface area (Å²) < 4.78 is 6.66. The van der Waals surface area contributed by atoms with E-state index in [9.17, 15) is 14.4 Å². The Morgan fingerprint density at radius 1 is 1.00 bits per heavy atom. The first kappa shape index (κ1) is 18.5. The Morgan fingerprint density at radius 2 is 1.76 bits per heavy atom. The second-order valence-electron chi connectivity index (χ2n) is 6.72. The number of hydrogen-bond donors (Lipinski definition) is 3. The van der Waals surface area contributed by atoms with Crippen molar-refractivity contribution in [3.8, 4) is 0 Å². The summed E-state index contributed by atoms with van der Waals surface area (Å²) in [5.74, 6) is -1.07. The van der Waals surface area contributed by atoms with Crippen molar-refractivity contribution in [3.63, 3.8) is 0 Å². The van der Waals surface area contributed by atoms with Crippen LogP contribution in [0.5, 0.6) is 0 Å². The van der Waals surface area contributed by atoms with Crippen LogP contribution in [0, 0.1) is 0 Å². The van der Waals surface area contributed by atoms with E-state index in [1.54, 1.807) is 24.4 Å². The van der Waals surface area contributed by atoms with Gasteiger partial charge >= 0.3 is 5.76 Å². The first-order valence-corrected chi connectivity index (χ1v) is 9.33. The number of carbonyl (C=O) groups excluding carboxylic acids is 2. The molecule has 2 heterocycles. The molecule has 4 aromatic rings. The van der Waals surface area contributed by atoms with Crippen LogP contribution in [0.3, 0.4) is 0 Å². The van der Waals surface area contributed by atoms with Gasteiger partial charge in [-0.2, -0.15) is 0 Å². The Morgan fingerprint density at radius 3 is 2.66 bits per heavy atom. The van der Waals surface area contributed by atoms with Gasteiger partial charge in [0.15, 0.2) is 5.58 Å². The summed E-state index contributed by atoms with van der Waals surface area (Å²) in [5.41, 5.74) is 7.88. The molecule has 0 aliphatic rings. The van der Waals surface area contributed by atoms with Gasteiger partial charge in [-0.05, 0) is 30.2 Å². The highest BCUT2D eigenvalue weighted by molar-refractivity contribution is 5.89. The number of hydrogen-bond acceptors (Lipinski definition) is 4. The van der Waals surface area contributed by atoms with Crippen molar-refractivity contribution in [3.05, 3.63) is 70.8 Å². The van der Waals surface area contributed by atoms with Gasteiger partial charge in [0.2, 0.25) is 11.8 Å². The number of oxazole rings is 1. The molecule has 0 saturated heterocycles. The fraction of sp³-hybridized carbons (Fsp3) is 0.190. The number of fused-ring (bicyclic) bond motifs is 2. The van der Waals surface area contributed by atoms with Crippen LogP contribution >= 0.6 is 0 Å². The number of aryl methyl sites for hydroxylation is 1. The maximum absolute atomic E-state index is 12.1. The van der Waals surface area contributed by atoms with E-state index >= 15 is 0 Å². The van der Waals surface area contributed by atoms with Crippen LogP contribution in [-0.4, -0.2) is 21.4 Å². The van der Waals surface area contributed by atoms with Gasteiger partial charge in [0.25, 0.3) is 0 Å². The number of aromatic amines is 1. The van der Waals surface area contributed by atoms with E-state index < -0.39 is 5.76 Å². The zero-order valence-corrected chi connectivity index (χ0v) is 15.6. The molecular weight excluding hydrogens is 372 g/mol. The normalized spacial score (nSPS) is 11.0. The summed E-state index contributed by atoms with van der Waals surface area (Å²) in [6.07, 6.45) is 2.55. The van der Waals surface area contributed by atoms with Crippen LogP contribution in [0.4, 0.5) is 0 Å². The van der Waals surface area contributed by atoms with E-state index in [0.717, 1.165) is 16.5 Å². The van der Waals surface area contributed by atoms with Crippen LogP contribution in [0.2, 0.25) is 0 Å². The molecule has 0 spiro atoms. The van der Waals surface area contributed by atoms with Crippen LogP contribution in [0.15, 0.2) is 63.9 Å². The molecule has 0 radical (unpaired) electrons. The molecule has 148 valence electrons. The van der Waals surface area contributed by atoms with Crippen LogP contribution < -0.4 is 16.6 Å². The van der Waals surface area contributed by atoms with Gasteiger partial charge in [-0.15, -0.1) is 0 Å². The van der Waals surface area contributed by atoms with Gasteiger partial charge in [0, 0.05) is 30.1 Å². The van der Waals surface area contributed by atoms with Crippen molar-refractivity contribution in [2.24, 2.45) is 0 Å². The van der Waals surface area contributed by atoms with Crippen LogP contribution in [-0.2, 0) is 22.6 Å². The number of nitrogens with zero attached hydrogens (tertiary/aromatic N) is 1. The zero-order valence-electron chi connectivity index (χ0n) is 15.6. The maximum atomic E-state index is 12.1. The number of amides is 2. The first-order chi connectivity index (χ1) is 14.1. The predicted molar refractivity (Wildman–Crippen MR) is 108 cm³/mol. The fourth-order valence-corrected chi connectivity index (χ4v) is 3.32. The SMILES string of the molecule is O=C(CCCn1c(=O)oc2ccccc21)NNC(=O)Cc1c[nH]c2ccccc12. The minimum Gasteiger partial charge on any atom is -0.408 e. The van der Waals surface area contributed by atoms with Crippen molar-refractivity contribution in [2.75, 3.05) is 0 Å². The Labute approximate surface area is 165 Å². The Kier molecular flexibility index (Phi) is 5.15. The highest BCUT2D eigenvalue weighted by Gasteiger charge is 2.11. The summed E-state index contributed by atoms with van der Waals surface area (Å²) in [4.78, 5) is 39.1. The Bertz CT molecular complexity index is 1230. The third-order valence-corrected chi connectivity index (χ3v) is 4.73. The predicted octanol–water partition coefficient (Wildman–Crippen LogP) is 2.25. The summed E-state index contributed by atoms with van der Waals surface area (Å²) in [5, 5.41) is 0.978. The molecule has 2 aromatic carbocycles.